The van der Waals surface area contributed by atoms with Crippen LogP contribution in [0.15, 0.2) is 24.3 Å². The molecule has 0 saturated heterocycles. The molecule has 0 aliphatic rings. The molecule has 0 saturated carbocycles. The zero-order valence-electron chi connectivity index (χ0n) is 9.95. The molecular weight excluding hydrogens is 188 g/mol. The second-order valence-corrected chi connectivity index (χ2v) is 4.54. The number of hydrogen-bond acceptors (Lipinski definition) is 2. The summed E-state index contributed by atoms with van der Waals surface area (Å²) in [5.74, 6) is 0. The predicted molar refractivity (Wildman–Crippen MR) is 62.0 cm³/mol. The first-order valence-electron chi connectivity index (χ1n) is 5.25. The van der Waals surface area contributed by atoms with Crippen LogP contribution in [0, 0.1) is 0 Å². The first kappa shape index (κ1) is 12.2. The van der Waals surface area contributed by atoms with Gasteiger partial charge in [0, 0.05) is 12.5 Å². The van der Waals surface area contributed by atoms with Gasteiger partial charge in [-0.3, -0.25) is 0 Å². The van der Waals surface area contributed by atoms with Crippen molar-refractivity contribution in [3.63, 3.8) is 0 Å². The van der Waals surface area contributed by atoms with Crippen LogP contribution in [0.25, 0.3) is 0 Å². The normalized spacial score (nSPS) is 13.9. The second-order valence-electron chi connectivity index (χ2n) is 4.54. The van der Waals surface area contributed by atoms with Crippen molar-refractivity contribution < 1.29 is 9.84 Å². The largest absolute Gasteiger partial charge is 0.395 e. The lowest BCUT2D eigenvalue weighted by Crippen LogP contribution is -2.21. The number of aliphatic hydroxyl groups is 1. The summed E-state index contributed by atoms with van der Waals surface area (Å²) in [6.45, 7) is 6.24. The minimum absolute atomic E-state index is 0.122. The summed E-state index contributed by atoms with van der Waals surface area (Å²) < 4.78 is 5.24. The third-order valence-electron chi connectivity index (χ3n) is 2.91. The first-order valence-corrected chi connectivity index (χ1v) is 5.25. The van der Waals surface area contributed by atoms with Crippen molar-refractivity contribution in [2.45, 2.75) is 32.3 Å². The molecule has 0 aliphatic carbocycles. The minimum atomic E-state index is -0.172. The van der Waals surface area contributed by atoms with Crippen molar-refractivity contribution in [2.24, 2.45) is 0 Å². The Hall–Kier alpha value is -0.860. The average Bonchev–Trinajstić information content (AvgIpc) is 2.28. The maximum atomic E-state index is 9.25. The number of ether oxygens (including phenoxy) is 1. The zero-order chi connectivity index (χ0) is 11.5. The maximum absolute atomic E-state index is 9.25. The Bertz CT molecular complexity index is 301. The van der Waals surface area contributed by atoms with Crippen molar-refractivity contribution in [1.82, 2.24) is 0 Å². The molecule has 0 spiro atoms. The van der Waals surface area contributed by atoms with E-state index in [9.17, 15) is 5.11 Å². The summed E-state index contributed by atoms with van der Waals surface area (Å²) in [6.07, 6.45) is 0.122. The third kappa shape index (κ3) is 2.80. The standard InChI is InChI=1S/C13H20O2/c1-10(15-4)11-5-7-12(8-6-11)13(2,3)9-14/h5-8,10,14H,9H2,1-4H3. The van der Waals surface area contributed by atoms with Gasteiger partial charge in [0.05, 0.1) is 12.7 Å². The van der Waals surface area contributed by atoms with E-state index in [-0.39, 0.29) is 18.1 Å². The molecule has 2 heteroatoms. The Labute approximate surface area is 91.9 Å². The third-order valence-corrected chi connectivity index (χ3v) is 2.91. The van der Waals surface area contributed by atoms with E-state index in [0.29, 0.717) is 0 Å². The lowest BCUT2D eigenvalue weighted by molar-refractivity contribution is 0.119. The highest BCUT2D eigenvalue weighted by Crippen LogP contribution is 2.24. The monoisotopic (exact) mass is 208 g/mol. The predicted octanol–water partition coefficient (Wildman–Crippen LogP) is 2.66. The van der Waals surface area contributed by atoms with Crippen LogP contribution >= 0.6 is 0 Å². The summed E-state index contributed by atoms with van der Waals surface area (Å²) in [5.41, 5.74) is 2.14. The highest BCUT2D eigenvalue weighted by Gasteiger charge is 2.19. The fraction of sp³-hybridized carbons (Fsp3) is 0.538. The van der Waals surface area contributed by atoms with Crippen LogP contribution < -0.4 is 0 Å². The molecule has 15 heavy (non-hydrogen) atoms. The number of methoxy groups -OCH3 is 1. The zero-order valence-corrected chi connectivity index (χ0v) is 9.95. The van der Waals surface area contributed by atoms with E-state index in [1.807, 2.05) is 20.8 Å². The van der Waals surface area contributed by atoms with Gasteiger partial charge in [-0.2, -0.15) is 0 Å². The molecule has 84 valence electrons. The molecule has 1 unspecified atom stereocenters. The topological polar surface area (TPSA) is 29.5 Å². The van der Waals surface area contributed by atoms with Crippen molar-refractivity contribution in [1.29, 1.82) is 0 Å². The highest BCUT2D eigenvalue weighted by atomic mass is 16.5. The molecule has 0 heterocycles. The molecule has 0 radical (unpaired) electrons. The van der Waals surface area contributed by atoms with Gasteiger partial charge in [-0.1, -0.05) is 38.1 Å². The van der Waals surface area contributed by atoms with Crippen LogP contribution in [0.4, 0.5) is 0 Å². The summed E-state index contributed by atoms with van der Waals surface area (Å²) >= 11 is 0. The molecular formula is C13H20O2. The van der Waals surface area contributed by atoms with E-state index in [2.05, 4.69) is 24.3 Å². The number of benzene rings is 1. The van der Waals surface area contributed by atoms with Gasteiger partial charge in [0.15, 0.2) is 0 Å². The first-order chi connectivity index (χ1) is 7.01. The molecule has 1 atom stereocenters. The lowest BCUT2D eigenvalue weighted by Gasteiger charge is -2.22. The van der Waals surface area contributed by atoms with E-state index >= 15 is 0 Å². The van der Waals surface area contributed by atoms with E-state index in [1.54, 1.807) is 7.11 Å². The van der Waals surface area contributed by atoms with Gasteiger partial charge in [0.25, 0.3) is 0 Å². The Morgan fingerprint density at radius 3 is 2.20 bits per heavy atom. The van der Waals surface area contributed by atoms with Gasteiger partial charge in [-0.05, 0) is 18.1 Å². The molecule has 0 aliphatic heterocycles. The Balaban J connectivity index is 2.90. The molecule has 2 nitrogen and oxygen atoms in total. The van der Waals surface area contributed by atoms with Crippen LogP contribution in [0.1, 0.15) is 38.0 Å². The van der Waals surface area contributed by atoms with Crippen LogP contribution in [0.5, 0.6) is 0 Å². The molecule has 1 rings (SSSR count). The van der Waals surface area contributed by atoms with Gasteiger partial charge < -0.3 is 9.84 Å². The van der Waals surface area contributed by atoms with Crippen molar-refractivity contribution in [3.8, 4) is 0 Å². The summed E-state index contributed by atoms with van der Waals surface area (Å²) in [7, 11) is 1.70. The quantitative estimate of drug-likeness (QED) is 0.824. The Kier molecular flexibility index (Phi) is 3.89. The van der Waals surface area contributed by atoms with Gasteiger partial charge >= 0.3 is 0 Å². The molecule has 1 aromatic carbocycles. The second kappa shape index (κ2) is 4.77. The number of hydrogen-bond donors (Lipinski definition) is 1. The fourth-order valence-electron chi connectivity index (χ4n) is 1.43. The van der Waals surface area contributed by atoms with Gasteiger partial charge in [-0.25, -0.2) is 0 Å². The van der Waals surface area contributed by atoms with Crippen LogP contribution in [-0.2, 0) is 10.2 Å². The maximum Gasteiger partial charge on any atom is 0.0793 e. The molecule has 0 amide bonds. The average molecular weight is 208 g/mol. The molecule has 0 bridgehead atoms. The highest BCUT2D eigenvalue weighted by molar-refractivity contribution is 5.29. The van der Waals surface area contributed by atoms with Crippen LogP contribution in [-0.4, -0.2) is 18.8 Å². The van der Waals surface area contributed by atoms with Crippen molar-refractivity contribution in [3.05, 3.63) is 35.4 Å². The number of aliphatic hydroxyl groups excluding tert-OH is 1. The van der Waals surface area contributed by atoms with Crippen LogP contribution in [0.3, 0.4) is 0 Å². The van der Waals surface area contributed by atoms with Crippen molar-refractivity contribution >= 4 is 0 Å². The Morgan fingerprint density at radius 1 is 1.27 bits per heavy atom. The summed E-state index contributed by atoms with van der Waals surface area (Å²) in [6, 6.07) is 8.23. The summed E-state index contributed by atoms with van der Waals surface area (Å²) in [4.78, 5) is 0. The van der Waals surface area contributed by atoms with Gasteiger partial charge in [0.2, 0.25) is 0 Å². The Morgan fingerprint density at radius 2 is 1.80 bits per heavy atom. The van der Waals surface area contributed by atoms with E-state index in [0.717, 1.165) is 11.1 Å². The minimum Gasteiger partial charge on any atom is -0.395 e. The smallest absolute Gasteiger partial charge is 0.0793 e. The molecule has 0 fully saturated rings. The number of rotatable bonds is 4. The van der Waals surface area contributed by atoms with Crippen LogP contribution in [0.2, 0.25) is 0 Å². The van der Waals surface area contributed by atoms with E-state index in [1.165, 1.54) is 0 Å². The van der Waals surface area contributed by atoms with E-state index < -0.39 is 0 Å². The molecule has 1 aromatic rings. The molecule has 1 N–H and O–H groups in total. The fourth-order valence-corrected chi connectivity index (χ4v) is 1.43. The van der Waals surface area contributed by atoms with Gasteiger partial charge in [-0.15, -0.1) is 0 Å². The van der Waals surface area contributed by atoms with Crippen molar-refractivity contribution in [2.75, 3.05) is 13.7 Å². The summed E-state index contributed by atoms with van der Waals surface area (Å²) in [5, 5.41) is 9.25. The lowest BCUT2D eigenvalue weighted by atomic mass is 9.85. The SMILES string of the molecule is COC(C)c1ccc(C(C)(C)CO)cc1. The van der Waals surface area contributed by atoms with E-state index in [4.69, 9.17) is 4.74 Å². The molecule has 0 aromatic heterocycles. The van der Waals surface area contributed by atoms with Gasteiger partial charge in [0.1, 0.15) is 0 Å².